The molecule has 3 amide bonds. The van der Waals surface area contributed by atoms with Crippen molar-refractivity contribution in [1.82, 2.24) is 25.1 Å². The lowest BCUT2D eigenvalue weighted by Crippen LogP contribution is -2.74. The number of fused-ring (bicyclic) bond motifs is 1. The van der Waals surface area contributed by atoms with Gasteiger partial charge >= 0.3 is 6.03 Å². The van der Waals surface area contributed by atoms with Gasteiger partial charge in [0.25, 0.3) is 0 Å². The van der Waals surface area contributed by atoms with Gasteiger partial charge < -0.3 is 19.9 Å². The maximum atomic E-state index is 13.8. The minimum Gasteiger partial charge on any atom is -0.497 e. The van der Waals surface area contributed by atoms with Crippen LogP contribution in [-0.2, 0) is 11.3 Å². The van der Waals surface area contributed by atoms with Gasteiger partial charge in [-0.2, -0.15) is 0 Å². The standard InChI is InChI=1S/C35H43N5O3/c1-25(2)20-32-26(3)38(22-31(28-12-8-6-9-13-28)29-14-10-7-11-15-29)23-33-39(32)34(41)24-37(4)40(33)35(42)36-21-27-16-18-30(43-5)19-17-27/h6-19,25,31-33H,3,20-24H2,1-2,4-5H3,(H,36,42)/t32-,33-/m0/s1. The summed E-state index contributed by atoms with van der Waals surface area (Å²) in [6.45, 7) is 10.5. The van der Waals surface area contributed by atoms with Gasteiger partial charge in [0.1, 0.15) is 11.9 Å². The van der Waals surface area contributed by atoms with Crippen molar-refractivity contribution in [2.75, 3.05) is 33.8 Å². The highest BCUT2D eigenvalue weighted by Crippen LogP contribution is 2.36. The second-order valence-electron chi connectivity index (χ2n) is 11.9. The fraction of sp³-hybridized carbons (Fsp3) is 0.371. The normalized spacial score (nSPS) is 19.2. The zero-order valence-electron chi connectivity index (χ0n) is 25.6. The number of ether oxygens (including phenoxy) is 1. The third kappa shape index (κ3) is 6.70. The molecule has 0 aromatic heterocycles. The lowest BCUT2D eigenvalue weighted by atomic mass is 9.89. The Morgan fingerprint density at radius 1 is 0.977 bits per heavy atom. The summed E-state index contributed by atoms with van der Waals surface area (Å²) in [5.41, 5.74) is 4.33. The molecule has 0 unspecified atom stereocenters. The molecule has 0 bridgehead atoms. The molecule has 3 aromatic rings. The Morgan fingerprint density at radius 3 is 2.14 bits per heavy atom. The van der Waals surface area contributed by atoms with Crippen molar-refractivity contribution in [2.24, 2.45) is 5.92 Å². The third-order valence-corrected chi connectivity index (χ3v) is 8.45. The molecule has 2 fully saturated rings. The van der Waals surface area contributed by atoms with Crippen LogP contribution in [0.5, 0.6) is 5.75 Å². The largest absolute Gasteiger partial charge is 0.497 e. The molecule has 43 heavy (non-hydrogen) atoms. The zero-order valence-corrected chi connectivity index (χ0v) is 25.6. The van der Waals surface area contributed by atoms with Crippen molar-refractivity contribution < 1.29 is 14.3 Å². The lowest BCUT2D eigenvalue weighted by Gasteiger charge is -2.56. The SMILES string of the molecule is C=C1[C@H](CC(C)C)N2C(=O)CN(C)N(C(=O)NCc3ccc(OC)cc3)[C@H]2CN1CC(c1ccccc1)c1ccccc1. The minimum atomic E-state index is -0.469. The van der Waals surface area contributed by atoms with Gasteiger partial charge in [0, 0.05) is 31.8 Å². The molecule has 1 N–H and O–H groups in total. The molecule has 8 heteroatoms. The number of urea groups is 1. The first kappa shape index (κ1) is 30.2. The second kappa shape index (κ2) is 13.3. The number of hydrogen-bond donors (Lipinski definition) is 1. The molecule has 5 rings (SSSR count). The first-order valence-electron chi connectivity index (χ1n) is 15.0. The Kier molecular flexibility index (Phi) is 9.36. The van der Waals surface area contributed by atoms with Gasteiger partial charge in [-0.3, -0.25) is 4.79 Å². The fourth-order valence-corrected chi connectivity index (χ4v) is 6.27. The van der Waals surface area contributed by atoms with E-state index < -0.39 is 6.17 Å². The highest BCUT2D eigenvalue weighted by molar-refractivity contribution is 5.83. The number of carbonyl (C=O) groups excluding carboxylic acids is 2. The van der Waals surface area contributed by atoms with E-state index in [4.69, 9.17) is 4.74 Å². The van der Waals surface area contributed by atoms with Crippen LogP contribution in [-0.4, -0.2) is 77.8 Å². The van der Waals surface area contributed by atoms with Crippen LogP contribution in [0.25, 0.3) is 0 Å². The average molecular weight is 582 g/mol. The predicted molar refractivity (Wildman–Crippen MR) is 169 cm³/mol. The number of piperazine rings is 1. The molecule has 0 radical (unpaired) electrons. The quantitative estimate of drug-likeness (QED) is 0.372. The van der Waals surface area contributed by atoms with Crippen LogP contribution in [0.2, 0.25) is 0 Å². The summed E-state index contributed by atoms with van der Waals surface area (Å²) in [4.78, 5) is 31.6. The van der Waals surface area contributed by atoms with Crippen LogP contribution in [0, 0.1) is 5.92 Å². The molecule has 2 aliphatic heterocycles. The minimum absolute atomic E-state index is 0.0147. The van der Waals surface area contributed by atoms with Gasteiger partial charge in [0.05, 0.1) is 26.2 Å². The summed E-state index contributed by atoms with van der Waals surface area (Å²) >= 11 is 0. The molecule has 2 atom stereocenters. The van der Waals surface area contributed by atoms with Gasteiger partial charge in [0.15, 0.2) is 0 Å². The molecule has 2 heterocycles. The maximum absolute atomic E-state index is 13.8. The first-order valence-corrected chi connectivity index (χ1v) is 15.0. The monoisotopic (exact) mass is 581 g/mol. The van der Waals surface area contributed by atoms with E-state index >= 15 is 0 Å². The topological polar surface area (TPSA) is 68.4 Å². The van der Waals surface area contributed by atoms with E-state index in [0.717, 1.165) is 23.4 Å². The average Bonchev–Trinajstić information content (AvgIpc) is 3.01. The number of hydrogen-bond acceptors (Lipinski definition) is 5. The van der Waals surface area contributed by atoms with Gasteiger partial charge in [-0.25, -0.2) is 14.8 Å². The van der Waals surface area contributed by atoms with Crippen LogP contribution >= 0.6 is 0 Å². The van der Waals surface area contributed by atoms with Crippen molar-refractivity contribution >= 4 is 11.9 Å². The molecular weight excluding hydrogens is 538 g/mol. The molecule has 0 aliphatic carbocycles. The first-order chi connectivity index (χ1) is 20.8. The summed E-state index contributed by atoms with van der Waals surface area (Å²) in [7, 11) is 3.44. The third-order valence-electron chi connectivity index (χ3n) is 8.45. The van der Waals surface area contributed by atoms with E-state index in [9.17, 15) is 9.59 Å². The summed E-state index contributed by atoms with van der Waals surface area (Å²) < 4.78 is 5.26. The number of amides is 3. The molecule has 2 saturated heterocycles. The molecular formula is C35H43N5O3. The van der Waals surface area contributed by atoms with Gasteiger partial charge in [-0.15, -0.1) is 0 Å². The van der Waals surface area contributed by atoms with Crippen molar-refractivity contribution in [1.29, 1.82) is 0 Å². The Bertz CT molecular complexity index is 1360. The predicted octanol–water partition coefficient (Wildman–Crippen LogP) is 5.30. The van der Waals surface area contributed by atoms with Crippen LogP contribution in [0.3, 0.4) is 0 Å². The number of benzene rings is 3. The van der Waals surface area contributed by atoms with Gasteiger partial charge in [-0.05, 0) is 41.2 Å². The fourth-order valence-electron chi connectivity index (χ4n) is 6.27. The summed E-state index contributed by atoms with van der Waals surface area (Å²) in [5.74, 6) is 1.22. The van der Waals surface area contributed by atoms with E-state index in [0.29, 0.717) is 25.6 Å². The Labute approximate surface area is 255 Å². The smallest absolute Gasteiger partial charge is 0.334 e. The molecule has 8 nitrogen and oxygen atoms in total. The van der Waals surface area contributed by atoms with E-state index in [1.54, 1.807) is 17.1 Å². The molecule has 2 aliphatic rings. The number of hydrazine groups is 1. The van der Waals surface area contributed by atoms with Gasteiger partial charge in [-0.1, -0.05) is 93.2 Å². The van der Waals surface area contributed by atoms with Crippen molar-refractivity contribution in [2.45, 2.75) is 44.9 Å². The zero-order chi connectivity index (χ0) is 30.5. The maximum Gasteiger partial charge on any atom is 0.334 e. The van der Waals surface area contributed by atoms with Gasteiger partial charge in [0.2, 0.25) is 5.91 Å². The van der Waals surface area contributed by atoms with E-state index in [2.05, 4.69) is 79.2 Å². The van der Waals surface area contributed by atoms with E-state index in [1.165, 1.54) is 11.1 Å². The number of carbonyl (C=O) groups is 2. The molecule has 226 valence electrons. The van der Waals surface area contributed by atoms with E-state index in [-0.39, 0.29) is 30.4 Å². The Hall–Kier alpha value is -4.30. The molecule has 0 saturated carbocycles. The van der Waals surface area contributed by atoms with Crippen LogP contribution in [0.1, 0.15) is 42.9 Å². The second-order valence-corrected chi connectivity index (χ2v) is 11.9. The van der Waals surface area contributed by atoms with Crippen LogP contribution < -0.4 is 10.1 Å². The number of nitrogens with zero attached hydrogens (tertiary/aromatic N) is 4. The summed E-state index contributed by atoms with van der Waals surface area (Å²) in [5, 5.41) is 6.55. The van der Waals surface area contributed by atoms with Crippen molar-refractivity contribution in [3.05, 3.63) is 114 Å². The van der Waals surface area contributed by atoms with Crippen molar-refractivity contribution in [3.63, 3.8) is 0 Å². The number of likely N-dealkylation sites (N-methyl/N-ethyl adjacent to an activating group) is 1. The van der Waals surface area contributed by atoms with Crippen LogP contribution in [0.15, 0.2) is 97.2 Å². The summed E-state index contributed by atoms with van der Waals surface area (Å²) in [6.07, 6.45) is 0.299. The summed E-state index contributed by atoms with van der Waals surface area (Å²) in [6, 6.07) is 28.2. The number of nitrogens with one attached hydrogen (secondary N) is 1. The molecule has 3 aromatic carbocycles. The number of methoxy groups -OCH3 is 1. The van der Waals surface area contributed by atoms with E-state index in [1.807, 2.05) is 48.3 Å². The van der Waals surface area contributed by atoms with Crippen LogP contribution in [0.4, 0.5) is 4.79 Å². The molecule has 0 spiro atoms. The number of rotatable bonds is 9. The van der Waals surface area contributed by atoms with Crippen molar-refractivity contribution in [3.8, 4) is 5.75 Å². The lowest BCUT2D eigenvalue weighted by molar-refractivity contribution is -0.175. The highest BCUT2D eigenvalue weighted by atomic mass is 16.5. The Morgan fingerprint density at radius 2 is 1.58 bits per heavy atom. The Balaban J connectivity index is 1.44. The highest BCUT2D eigenvalue weighted by Gasteiger charge is 2.48.